The lowest BCUT2D eigenvalue weighted by atomic mass is 9.91. The Morgan fingerprint density at radius 2 is 1.72 bits per heavy atom. The molecule has 2 amide bonds. The smallest absolute Gasteiger partial charge is 0.248 e. The molecule has 0 aromatic heterocycles. The maximum Gasteiger partial charge on any atom is 0.248 e. The van der Waals surface area contributed by atoms with E-state index in [1.54, 1.807) is 12.1 Å². The molecule has 2 fully saturated rings. The van der Waals surface area contributed by atoms with Gasteiger partial charge in [0, 0.05) is 14.1 Å². The van der Waals surface area contributed by atoms with Crippen molar-refractivity contribution in [1.29, 1.82) is 0 Å². The predicted octanol–water partition coefficient (Wildman–Crippen LogP) is 0.161. The highest BCUT2D eigenvalue weighted by atomic mass is 16.2. The number of carbonyl (C=O) groups excluding carboxylic acids is 2. The second kappa shape index (κ2) is 3.90. The number of likely N-dealkylation sites (tertiary alicyclic amines) is 1. The molecule has 0 spiro atoms. The van der Waals surface area contributed by atoms with Gasteiger partial charge in [-0.05, 0) is 5.56 Å². The molecular weight excluding hydrogens is 230 g/mol. The lowest BCUT2D eigenvalue weighted by molar-refractivity contribution is -0.139. The third kappa shape index (κ3) is 1.41. The van der Waals surface area contributed by atoms with Crippen molar-refractivity contribution in [2.75, 3.05) is 14.1 Å². The first kappa shape index (κ1) is 11.4. The molecule has 0 aliphatic carbocycles. The number of hydrogen-bond donors (Lipinski definition) is 1. The summed E-state index contributed by atoms with van der Waals surface area (Å²) >= 11 is 0. The molecule has 3 atom stereocenters. The minimum atomic E-state index is -0.382. The Bertz CT molecular complexity index is 502. The van der Waals surface area contributed by atoms with Crippen LogP contribution >= 0.6 is 0 Å². The van der Waals surface area contributed by atoms with Gasteiger partial charge in [0.1, 0.15) is 6.04 Å². The number of rotatable bonds is 1. The molecule has 2 heterocycles. The second-order valence-electron chi connectivity index (χ2n) is 4.83. The van der Waals surface area contributed by atoms with E-state index < -0.39 is 0 Å². The molecule has 0 bridgehead atoms. The number of nitrogens with one attached hydrogen (secondary N) is 1. The van der Waals surface area contributed by atoms with Gasteiger partial charge in [-0.1, -0.05) is 30.3 Å². The Labute approximate surface area is 105 Å². The summed E-state index contributed by atoms with van der Waals surface area (Å²) in [6, 6.07) is 9.27. The van der Waals surface area contributed by atoms with Crippen LogP contribution in [-0.4, -0.2) is 41.9 Å². The Kier molecular flexibility index (Phi) is 2.46. The summed E-state index contributed by atoms with van der Waals surface area (Å²) in [6.45, 7) is 0. The largest absolute Gasteiger partial charge is 0.284 e. The third-order valence-corrected chi connectivity index (χ3v) is 3.82. The number of likely N-dealkylation sites (N-methyl/N-ethyl adjacent to an activating group) is 2. The van der Waals surface area contributed by atoms with Crippen LogP contribution in [0.2, 0.25) is 0 Å². The highest BCUT2D eigenvalue weighted by Gasteiger charge is 2.56. The lowest BCUT2D eigenvalue weighted by Gasteiger charge is -2.19. The van der Waals surface area contributed by atoms with Crippen LogP contribution in [0.25, 0.3) is 0 Å². The van der Waals surface area contributed by atoms with Gasteiger partial charge in [-0.3, -0.25) is 14.5 Å². The zero-order chi connectivity index (χ0) is 12.9. The molecule has 5 heteroatoms. The maximum atomic E-state index is 12.2. The fourth-order valence-corrected chi connectivity index (χ4v) is 2.87. The van der Waals surface area contributed by atoms with Crippen molar-refractivity contribution in [3.63, 3.8) is 0 Å². The summed E-state index contributed by atoms with van der Waals surface area (Å²) in [7, 11) is 3.36. The zero-order valence-corrected chi connectivity index (χ0v) is 10.3. The van der Waals surface area contributed by atoms with Crippen LogP contribution < -0.4 is 5.43 Å². The number of amides is 2. The second-order valence-corrected chi connectivity index (χ2v) is 4.83. The van der Waals surface area contributed by atoms with Gasteiger partial charge in [0.25, 0.3) is 0 Å². The van der Waals surface area contributed by atoms with E-state index in [9.17, 15) is 9.59 Å². The van der Waals surface area contributed by atoms with Gasteiger partial charge in [0.15, 0.2) is 0 Å². The van der Waals surface area contributed by atoms with Gasteiger partial charge >= 0.3 is 0 Å². The molecule has 0 unspecified atom stereocenters. The van der Waals surface area contributed by atoms with Crippen LogP contribution in [0.4, 0.5) is 0 Å². The van der Waals surface area contributed by atoms with Crippen LogP contribution in [-0.2, 0) is 9.59 Å². The molecule has 94 valence electrons. The molecule has 3 rings (SSSR count). The molecule has 1 N–H and O–H groups in total. The Morgan fingerprint density at radius 1 is 1.06 bits per heavy atom. The highest BCUT2D eigenvalue weighted by Crippen LogP contribution is 2.38. The lowest BCUT2D eigenvalue weighted by Crippen LogP contribution is -2.41. The van der Waals surface area contributed by atoms with E-state index in [1.165, 1.54) is 4.90 Å². The van der Waals surface area contributed by atoms with Crippen LogP contribution in [0.5, 0.6) is 0 Å². The van der Waals surface area contributed by atoms with Crippen molar-refractivity contribution in [3.8, 4) is 0 Å². The first-order chi connectivity index (χ1) is 8.61. The van der Waals surface area contributed by atoms with E-state index in [2.05, 4.69) is 5.43 Å². The average Bonchev–Trinajstić information content (AvgIpc) is 2.84. The van der Waals surface area contributed by atoms with Gasteiger partial charge in [-0.15, -0.1) is 0 Å². The minimum Gasteiger partial charge on any atom is -0.284 e. The number of benzene rings is 1. The van der Waals surface area contributed by atoms with Crippen molar-refractivity contribution in [3.05, 3.63) is 35.9 Å². The van der Waals surface area contributed by atoms with E-state index in [4.69, 9.17) is 0 Å². The van der Waals surface area contributed by atoms with Crippen LogP contribution in [0.1, 0.15) is 11.6 Å². The third-order valence-electron chi connectivity index (χ3n) is 3.82. The first-order valence-corrected chi connectivity index (χ1v) is 5.96. The fourth-order valence-electron chi connectivity index (χ4n) is 2.87. The molecule has 1 aromatic carbocycles. The average molecular weight is 245 g/mol. The molecular formula is C13H15N3O2. The van der Waals surface area contributed by atoms with E-state index in [1.807, 2.05) is 37.4 Å². The highest BCUT2D eigenvalue weighted by molar-refractivity contribution is 6.07. The number of hydrazine groups is 1. The monoisotopic (exact) mass is 245 g/mol. The van der Waals surface area contributed by atoms with E-state index in [0.29, 0.717) is 0 Å². The van der Waals surface area contributed by atoms with Crippen LogP contribution in [0.15, 0.2) is 30.3 Å². The molecule has 0 saturated carbocycles. The van der Waals surface area contributed by atoms with Crippen LogP contribution in [0.3, 0.4) is 0 Å². The number of hydrogen-bond acceptors (Lipinski definition) is 4. The van der Waals surface area contributed by atoms with Crippen molar-refractivity contribution >= 4 is 11.8 Å². The summed E-state index contributed by atoms with van der Waals surface area (Å²) < 4.78 is 0. The molecule has 2 saturated heterocycles. The van der Waals surface area contributed by atoms with Gasteiger partial charge in [0.2, 0.25) is 11.8 Å². The number of fused-ring (bicyclic) bond motifs is 1. The maximum absolute atomic E-state index is 12.2. The summed E-state index contributed by atoms with van der Waals surface area (Å²) in [5.74, 6) is -0.552. The number of carbonyl (C=O) groups is 2. The Morgan fingerprint density at radius 3 is 2.39 bits per heavy atom. The first-order valence-electron chi connectivity index (χ1n) is 5.96. The van der Waals surface area contributed by atoms with E-state index in [-0.39, 0.29) is 29.8 Å². The van der Waals surface area contributed by atoms with E-state index >= 15 is 0 Å². The van der Waals surface area contributed by atoms with Gasteiger partial charge in [-0.2, -0.15) is 0 Å². The summed E-state index contributed by atoms with van der Waals surface area (Å²) in [4.78, 5) is 25.4. The molecule has 0 radical (unpaired) electrons. The predicted molar refractivity (Wildman–Crippen MR) is 65.1 cm³/mol. The fraction of sp³-hybridized carbons (Fsp3) is 0.385. The number of imide groups is 1. The van der Waals surface area contributed by atoms with Crippen LogP contribution in [0, 0.1) is 5.92 Å². The van der Waals surface area contributed by atoms with Crippen molar-refractivity contribution in [1.82, 2.24) is 15.3 Å². The Hall–Kier alpha value is -1.72. The molecule has 5 nitrogen and oxygen atoms in total. The normalized spacial score (nSPS) is 32.1. The number of nitrogens with zero attached hydrogens (tertiary/aromatic N) is 2. The zero-order valence-electron chi connectivity index (χ0n) is 10.3. The summed E-state index contributed by atoms with van der Waals surface area (Å²) in [6.07, 6.45) is 0. The molecule has 2 aliphatic heterocycles. The van der Waals surface area contributed by atoms with E-state index in [0.717, 1.165) is 5.56 Å². The standard InChI is InChI=1S/C13H15N3O2/c1-15-12(17)9-10(8-6-4-3-5-7-8)14-16(2)11(9)13(15)18/h3-7,9-11,14H,1-2H3/t9-,10+,11-/m1/s1. The molecule has 2 aliphatic rings. The summed E-state index contributed by atoms with van der Waals surface area (Å²) in [5.41, 5.74) is 4.25. The SMILES string of the molecule is CN1C(=O)[C@@H]2[C@H](c3ccccc3)NN(C)[C@H]2C1=O. The van der Waals surface area contributed by atoms with Crippen molar-refractivity contribution in [2.45, 2.75) is 12.1 Å². The molecule has 1 aromatic rings. The van der Waals surface area contributed by atoms with Crippen molar-refractivity contribution in [2.24, 2.45) is 5.92 Å². The van der Waals surface area contributed by atoms with Gasteiger partial charge in [0.05, 0.1) is 12.0 Å². The molecule has 18 heavy (non-hydrogen) atoms. The van der Waals surface area contributed by atoms with Gasteiger partial charge in [-0.25, -0.2) is 10.4 Å². The Balaban J connectivity index is 2.00. The quantitative estimate of drug-likeness (QED) is 0.716. The topological polar surface area (TPSA) is 52.7 Å². The van der Waals surface area contributed by atoms with Crippen molar-refractivity contribution < 1.29 is 9.59 Å². The summed E-state index contributed by atoms with van der Waals surface area (Å²) in [5, 5.41) is 1.76. The minimum absolute atomic E-state index is 0.101. The van der Waals surface area contributed by atoms with Gasteiger partial charge < -0.3 is 0 Å².